The number of hydrogen-bond acceptors (Lipinski definition) is 7. The molecular weight excluding hydrogens is 588 g/mol. The number of esters is 1. The number of nitrogens with zero attached hydrogens (tertiary/aromatic N) is 3. The summed E-state index contributed by atoms with van der Waals surface area (Å²) >= 11 is 6.14. The van der Waals surface area contributed by atoms with Crippen LogP contribution in [0.5, 0.6) is 5.75 Å². The zero-order valence-electron chi connectivity index (χ0n) is 24.4. The molecule has 0 aliphatic carbocycles. The van der Waals surface area contributed by atoms with Crippen LogP contribution in [0.3, 0.4) is 0 Å². The maximum atomic E-state index is 13.3. The van der Waals surface area contributed by atoms with Crippen LogP contribution in [0.15, 0.2) is 59.5 Å². The van der Waals surface area contributed by atoms with Gasteiger partial charge in [-0.3, -0.25) is 14.2 Å². The van der Waals surface area contributed by atoms with Crippen LogP contribution >= 0.6 is 11.6 Å². The van der Waals surface area contributed by atoms with Gasteiger partial charge in [-0.2, -0.15) is 5.26 Å². The van der Waals surface area contributed by atoms with Gasteiger partial charge in [0.25, 0.3) is 5.56 Å². The number of ether oxygens (including phenoxy) is 2. The first-order valence-electron chi connectivity index (χ1n) is 14.2. The summed E-state index contributed by atoms with van der Waals surface area (Å²) in [6.45, 7) is 2.98. The van der Waals surface area contributed by atoms with E-state index < -0.39 is 29.6 Å². The van der Waals surface area contributed by atoms with Crippen molar-refractivity contribution in [2.24, 2.45) is 5.92 Å². The number of methoxy groups -OCH3 is 1. The summed E-state index contributed by atoms with van der Waals surface area (Å²) in [6, 6.07) is 13.5. The molecule has 1 aromatic heterocycles. The molecule has 0 spiro atoms. The van der Waals surface area contributed by atoms with E-state index in [1.165, 1.54) is 28.8 Å². The largest absolute Gasteiger partial charge is 0.495 e. The minimum Gasteiger partial charge on any atom is -0.495 e. The SMILES string of the molecule is CCC(C(=O)Nc1ccc(C(=O)OCCC2CCN(C(=O)O)CC2)cc1)n1cc(OC)c(-c2cc(Cl)ccc2C#N)cc1=O. The Labute approximate surface area is 259 Å². The average Bonchev–Trinajstić information content (AvgIpc) is 3.02. The van der Waals surface area contributed by atoms with E-state index in [9.17, 15) is 24.4 Å². The van der Waals surface area contributed by atoms with E-state index in [0.29, 0.717) is 70.6 Å². The molecule has 2 aromatic carbocycles. The normalized spacial score (nSPS) is 13.9. The van der Waals surface area contributed by atoms with Crippen molar-refractivity contribution in [1.29, 1.82) is 5.26 Å². The molecule has 44 heavy (non-hydrogen) atoms. The average molecular weight is 621 g/mol. The molecule has 2 amide bonds. The van der Waals surface area contributed by atoms with Crippen LogP contribution in [0.1, 0.15) is 54.6 Å². The fourth-order valence-corrected chi connectivity index (χ4v) is 5.39. The predicted octanol–water partition coefficient (Wildman–Crippen LogP) is 5.58. The van der Waals surface area contributed by atoms with E-state index in [4.69, 9.17) is 26.2 Å². The van der Waals surface area contributed by atoms with Crippen molar-refractivity contribution < 1.29 is 29.0 Å². The number of anilines is 1. The number of hydrogen-bond donors (Lipinski definition) is 2. The number of amides is 2. The number of nitriles is 1. The molecule has 0 saturated carbocycles. The van der Waals surface area contributed by atoms with Crippen molar-refractivity contribution in [1.82, 2.24) is 9.47 Å². The molecule has 11 nitrogen and oxygen atoms in total. The highest BCUT2D eigenvalue weighted by molar-refractivity contribution is 6.31. The van der Waals surface area contributed by atoms with E-state index in [0.717, 1.165) is 12.8 Å². The van der Waals surface area contributed by atoms with Gasteiger partial charge < -0.3 is 24.8 Å². The Kier molecular flexibility index (Phi) is 10.6. The number of nitrogens with one attached hydrogen (secondary N) is 1. The maximum absolute atomic E-state index is 13.3. The molecule has 2 heterocycles. The topological polar surface area (TPSA) is 151 Å². The Morgan fingerprint density at radius 1 is 1.11 bits per heavy atom. The fourth-order valence-electron chi connectivity index (χ4n) is 5.22. The second-order valence-corrected chi connectivity index (χ2v) is 10.9. The third-order valence-corrected chi connectivity index (χ3v) is 7.95. The van der Waals surface area contributed by atoms with Gasteiger partial charge in [0.1, 0.15) is 11.8 Å². The van der Waals surface area contributed by atoms with Gasteiger partial charge >= 0.3 is 12.1 Å². The summed E-state index contributed by atoms with van der Waals surface area (Å²) in [6.07, 6.45) is 2.98. The molecule has 1 aliphatic heterocycles. The second-order valence-electron chi connectivity index (χ2n) is 10.4. The third-order valence-electron chi connectivity index (χ3n) is 7.71. The Morgan fingerprint density at radius 3 is 2.43 bits per heavy atom. The van der Waals surface area contributed by atoms with Crippen LogP contribution in [-0.2, 0) is 9.53 Å². The molecule has 1 fully saturated rings. The van der Waals surface area contributed by atoms with Gasteiger partial charge in [0.2, 0.25) is 5.91 Å². The van der Waals surface area contributed by atoms with E-state index in [1.54, 1.807) is 49.4 Å². The first-order chi connectivity index (χ1) is 21.1. The molecule has 4 rings (SSSR count). The monoisotopic (exact) mass is 620 g/mol. The third kappa shape index (κ3) is 7.57. The van der Waals surface area contributed by atoms with Crippen molar-refractivity contribution in [2.45, 2.75) is 38.6 Å². The molecular formula is C32H33ClN4O7. The number of benzene rings is 2. The Hall–Kier alpha value is -4.82. The van der Waals surface area contributed by atoms with Crippen molar-refractivity contribution >= 4 is 35.3 Å². The van der Waals surface area contributed by atoms with Crippen LogP contribution < -0.4 is 15.6 Å². The first-order valence-corrected chi connectivity index (χ1v) is 14.6. The van der Waals surface area contributed by atoms with Crippen molar-refractivity contribution in [2.75, 3.05) is 32.1 Å². The highest BCUT2D eigenvalue weighted by Crippen LogP contribution is 2.33. The number of carbonyl (C=O) groups is 3. The minimum atomic E-state index is -0.909. The first kappa shape index (κ1) is 32.1. The Balaban J connectivity index is 1.39. The molecule has 0 bridgehead atoms. The molecule has 1 unspecified atom stereocenters. The van der Waals surface area contributed by atoms with Crippen molar-refractivity contribution in [3.63, 3.8) is 0 Å². The van der Waals surface area contributed by atoms with Gasteiger partial charge in [0.05, 0.1) is 37.1 Å². The molecule has 1 aliphatic rings. The van der Waals surface area contributed by atoms with Crippen molar-refractivity contribution in [3.8, 4) is 22.9 Å². The second kappa shape index (κ2) is 14.6. The molecule has 2 N–H and O–H groups in total. The highest BCUT2D eigenvalue weighted by atomic mass is 35.5. The van der Waals surface area contributed by atoms with Gasteiger partial charge in [0.15, 0.2) is 0 Å². The van der Waals surface area contributed by atoms with Gasteiger partial charge in [-0.1, -0.05) is 18.5 Å². The van der Waals surface area contributed by atoms with Crippen LogP contribution in [0.2, 0.25) is 5.02 Å². The summed E-state index contributed by atoms with van der Waals surface area (Å²) in [5, 5.41) is 21.8. The van der Waals surface area contributed by atoms with Crippen LogP contribution in [0.4, 0.5) is 10.5 Å². The van der Waals surface area contributed by atoms with Gasteiger partial charge in [-0.05, 0) is 74.1 Å². The molecule has 3 aromatic rings. The number of carboxylic acid groups (broad SMARTS) is 1. The molecule has 12 heteroatoms. The summed E-state index contributed by atoms with van der Waals surface area (Å²) in [7, 11) is 1.43. The lowest BCUT2D eigenvalue weighted by molar-refractivity contribution is -0.119. The zero-order valence-corrected chi connectivity index (χ0v) is 25.2. The highest BCUT2D eigenvalue weighted by Gasteiger charge is 2.24. The zero-order chi connectivity index (χ0) is 31.8. The molecule has 1 saturated heterocycles. The summed E-state index contributed by atoms with van der Waals surface area (Å²) < 4.78 is 12.2. The quantitative estimate of drug-likeness (QED) is 0.279. The Bertz CT molecular complexity index is 1620. The van der Waals surface area contributed by atoms with Crippen LogP contribution in [0, 0.1) is 17.2 Å². The summed E-state index contributed by atoms with van der Waals surface area (Å²) in [4.78, 5) is 51.4. The van der Waals surface area contributed by atoms with Crippen LogP contribution in [0.25, 0.3) is 11.1 Å². The number of carbonyl (C=O) groups excluding carboxylic acids is 2. The predicted molar refractivity (Wildman–Crippen MR) is 164 cm³/mol. The summed E-state index contributed by atoms with van der Waals surface area (Å²) in [5.74, 6) is -0.328. The molecule has 0 radical (unpaired) electrons. The Morgan fingerprint density at radius 2 is 1.82 bits per heavy atom. The number of halogens is 1. The van der Waals surface area contributed by atoms with E-state index in [-0.39, 0.29) is 6.61 Å². The number of pyridine rings is 1. The number of likely N-dealkylation sites (tertiary alicyclic amines) is 1. The lowest BCUT2D eigenvalue weighted by Gasteiger charge is -2.29. The van der Waals surface area contributed by atoms with Gasteiger partial charge in [-0.15, -0.1) is 0 Å². The number of rotatable bonds is 10. The van der Waals surface area contributed by atoms with Crippen molar-refractivity contribution in [3.05, 3.63) is 81.2 Å². The van der Waals surface area contributed by atoms with E-state index >= 15 is 0 Å². The lowest BCUT2D eigenvalue weighted by Crippen LogP contribution is -2.37. The van der Waals surface area contributed by atoms with Gasteiger partial charge in [0, 0.05) is 41.0 Å². The fraction of sp³-hybridized carbons (Fsp3) is 0.344. The summed E-state index contributed by atoms with van der Waals surface area (Å²) in [5.41, 5.74) is 1.44. The van der Waals surface area contributed by atoms with E-state index in [2.05, 4.69) is 11.4 Å². The molecule has 1 atom stereocenters. The molecule has 230 valence electrons. The number of piperidine rings is 1. The number of aromatic nitrogens is 1. The minimum absolute atomic E-state index is 0.235. The maximum Gasteiger partial charge on any atom is 0.407 e. The standard InChI is InChI=1S/C32H33ClN4O7/c1-3-27(37-19-28(43-2)26(17-29(37)38)25-16-23(33)7-4-22(25)18-34)30(39)35-24-8-5-21(6-9-24)31(40)44-15-12-20-10-13-36(14-11-20)32(41)42/h4-9,16-17,19-20,27H,3,10-15H2,1-2H3,(H,35,39)(H,41,42). The van der Waals surface area contributed by atoms with Gasteiger partial charge in [-0.25, -0.2) is 9.59 Å². The lowest BCUT2D eigenvalue weighted by atomic mass is 9.94. The smallest absolute Gasteiger partial charge is 0.407 e. The van der Waals surface area contributed by atoms with Crippen LogP contribution in [-0.4, -0.2) is 59.3 Å². The van der Waals surface area contributed by atoms with E-state index in [1.807, 2.05) is 0 Å².